The maximum atomic E-state index is 8.60. The maximum absolute atomic E-state index is 8.60. The lowest BCUT2D eigenvalue weighted by Gasteiger charge is -2.08. The van der Waals surface area contributed by atoms with Gasteiger partial charge in [-0.15, -0.1) is 9.24 Å². The molecule has 3 unspecified atom stereocenters. The van der Waals surface area contributed by atoms with Gasteiger partial charge < -0.3 is 5.11 Å². The van der Waals surface area contributed by atoms with Crippen LogP contribution in [-0.2, 0) is 0 Å². The summed E-state index contributed by atoms with van der Waals surface area (Å²) in [6.45, 7) is 3.65. The Labute approximate surface area is 46.5 Å². The predicted octanol–water partition coefficient (Wildman–Crippen LogP) is 0.135. The highest BCUT2D eigenvalue weighted by Crippen LogP contribution is 1.91. The smallest absolute Gasteiger partial charge is 0.102 e. The van der Waals surface area contributed by atoms with Crippen molar-refractivity contribution in [2.24, 2.45) is 0 Å². The average Bonchev–Trinajstić information content (AvgIpc) is 1.27. The maximum Gasteiger partial charge on any atom is 0.102 e. The van der Waals surface area contributed by atoms with E-state index in [1.807, 2.05) is 6.92 Å². The molecule has 2 nitrogen and oxygen atoms in total. The third-order valence-corrected chi connectivity index (χ3v) is 0.697. The highest BCUT2D eigenvalue weighted by Gasteiger charge is 1.93. The summed E-state index contributed by atoms with van der Waals surface area (Å²) in [5.74, 6) is 0.292. The molecule has 0 bridgehead atoms. The van der Waals surface area contributed by atoms with Gasteiger partial charge in [0.2, 0.25) is 0 Å². The molecule has 3 atom stereocenters. The van der Waals surface area contributed by atoms with E-state index in [2.05, 4.69) is 14.6 Å². The van der Waals surface area contributed by atoms with Crippen molar-refractivity contribution in [2.45, 2.75) is 25.9 Å². The number of aliphatic hydroxyl groups excluding tert-OH is 1. The summed E-state index contributed by atoms with van der Waals surface area (Å²) in [4.78, 5) is 0. The van der Waals surface area contributed by atoms with Crippen LogP contribution in [0.4, 0.5) is 0 Å². The Morgan fingerprint density at radius 1 is 1.57 bits per heavy atom. The third kappa shape index (κ3) is 6.35. The Bertz CT molecular complexity index is 41.0. The van der Waals surface area contributed by atoms with Gasteiger partial charge in [-0.25, -0.2) is 0 Å². The molecule has 0 aliphatic heterocycles. The number of hydrogen-bond acceptors (Lipinski definition) is 2. The normalized spacial score (nSPS) is 18.9. The van der Waals surface area contributed by atoms with Crippen LogP contribution in [0.5, 0.6) is 0 Å². The van der Waals surface area contributed by atoms with Crippen molar-refractivity contribution < 1.29 is 5.11 Å². The fourth-order valence-corrected chi connectivity index (χ4v) is 0.659. The quantitative estimate of drug-likeness (QED) is 0.402. The molecule has 0 rings (SSSR count). The first-order valence-electron chi connectivity index (χ1n) is 2.32. The van der Waals surface area contributed by atoms with E-state index in [0.717, 1.165) is 0 Å². The molecular formula is C4H12NOP. The van der Waals surface area contributed by atoms with E-state index < -0.39 is 6.23 Å². The molecule has 0 saturated carbocycles. The van der Waals surface area contributed by atoms with Gasteiger partial charge in [-0.1, -0.05) is 0 Å². The van der Waals surface area contributed by atoms with Crippen molar-refractivity contribution in [3.8, 4) is 0 Å². The zero-order valence-corrected chi connectivity index (χ0v) is 5.83. The molecule has 0 aromatic carbocycles. The summed E-state index contributed by atoms with van der Waals surface area (Å²) in [5, 5.41) is 11.4. The molecule has 0 fully saturated rings. The van der Waals surface area contributed by atoms with E-state index in [0.29, 0.717) is 5.78 Å². The SMILES string of the molecule is CC(O)NC(C)P. The molecule has 0 saturated heterocycles. The standard InChI is InChI=1S/C4H12NOP/c1-3(6)5-4(2)7/h3-6H,7H2,1-2H3. The molecule has 0 radical (unpaired) electrons. The fourth-order valence-electron chi connectivity index (χ4n) is 0.380. The molecule has 0 heterocycles. The van der Waals surface area contributed by atoms with E-state index in [-0.39, 0.29) is 0 Å². The van der Waals surface area contributed by atoms with Crippen molar-refractivity contribution in [1.82, 2.24) is 5.32 Å². The second-order valence-corrected chi connectivity index (χ2v) is 2.63. The van der Waals surface area contributed by atoms with Crippen molar-refractivity contribution in [2.75, 3.05) is 0 Å². The number of nitrogens with one attached hydrogen (secondary N) is 1. The highest BCUT2D eigenvalue weighted by molar-refractivity contribution is 7.17. The summed E-state index contributed by atoms with van der Waals surface area (Å²) in [7, 11) is 2.53. The van der Waals surface area contributed by atoms with Gasteiger partial charge in [0.15, 0.2) is 0 Å². The van der Waals surface area contributed by atoms with Crippen molar-refractivity contribution >= 4 is 9.24 Å². The molecule has 7 heavy (non-hydrogen) atoms. The molecule has 0 aliphatic rings. The van der Waals surface area contributed by atoms with Crippen LogP contribution in [0.1, 0.15) is 13.8 Å². The molecule has 0 aromatic heterocycles. The summed E-state index contributed by atoms with van der Waals surface area (Å²) < 4.78 is 0. The van der Waals surface area contributed by atoms with Crippen molar-refractivity contribution in [1.29, 1.82) is 0 Å². The molecule has 2 N–H and O–H groups in total. The van der Waals surface area contributed by atoms with Crippen LogP contribution in [0.3, 0.4) is 0 Å². The number of rotatable bonds is 2. The van der Waals surface area contributed by atoms with Gasteiger partial charge in [-0.2, -0.15) is 0 Å². The first kappa shape index (κ1) is 7.35. The topological polar surface area (TPSA) is 32.3 Å². The fraction of sp³-hybridized carbons (Fsp3) is 1.00. The highest BCUT2D eigenvalue weighted by atomic mass is 31.0. The summed E-state index contributed by atoms with van der Waals surface area (Å²) in [5.41, 5.74) is 0. The van der Waals surface area contributed by atoms with Crippen molar-refractivity contribution in [3.63, 3.8) is 0 Å². The minimum Gasteiger partial charge on any atom is -0.379 e. The van der Waals surface area contributed by atoms with E-state index >= 15 is 0 Å². The minimum atomic E-state index is -0.396. The zero-order chi connectivity index (χ0) is 5.86. The van der Waals surface area contributed by atoms with Gasteiger partial charge >= 0.3 is 0 Å². The molecule has 44 valence electrons. The second-order valence-electron chi connectivity index (χ2n) is 1.63. The molecule has 0 spiro atoms. The lowest BCUT2D eigenvalue weighted by atomic mass is 10.6. The first-order valence-corrected chi connectivity index (χ1v) is 2.99. The predicted molar refractivity (Wildman–Crippen MR) is 34.0 cm³/mol. The Morgan fingerprint density at radius 3 is 2.00 bits per heavy atom. The summed E-state index contributed by atoms with van der Waals surface area (Å²) in [6.07, 6.45) is -0.396. The first-order chi connectivity index (χ1) is 3.13. The monoisotopic (exact) mass is 121 g/mol. The molecule has 3 heteroatoms. The van der Waals surface area contributed by atoms with Crippen molar-refractivity contribution in [3.05, 3.63) is 0 Å². The number of aliphatic hydroxyl groups is 1. The third-order valence-electron chi connectivity index (χ3n) is 0.504. The second kappa shape index (κ2) is 3.36. The van der Waals surface area contributed by atoms with Gasteiger partial charge in [-0.3, -0.25) is 5.32 Å². The molecule has 0 amide bonds. The lowest BCUT2D eigenvalue weighted by molar-refractivity contribution is 0.155. The Kier molecular flexibility index (Phi) is 3.53. The van der Waals surface area contributed by atoms with Crippen LogP contribution in [0, 0.1) is 0 Å². The molecule has 0 aromatic rings. The largest absolute Gasteiger partial charge is 0.379 e. The van der Waals surface area contributed by atoms with Crippen LogP contribution in [0.15, 0.2) is 0 Å². The summed E-state index contributed by atoms with van der Waals surface area (Å²) in [6, 6.07) is 0. The molecular weight excluding hydrogens is 109 g/mol. The average molecular weight is 121 g/mol. The van der Waals surface area contributed by atoms with E-state index in [4.69, 9.17) is 5.11 Å². The van der Waals surface area contributed by atoms with Gasteiger partial charge in [-0.05, 0) is 13.8 Å². The molecule has 0 aliphatic carbocycles. The van der Waals surface area contributed by atoms with Gasteiger partial charge in [0.05, 0.1) is 0 Å². The van der Waals surface area contributed by atoms with Gasteiger partial charge in [0.25, 0.3) is 0 Å². The lowest BCUT2D eigenvalue weighted by Crippen LogP contribution is -2.29. The van der Waals surface area contributed by atoms with E-state index in [9.17, 15) is 0 Å². The Hall–Kier alpha value is 0.350. The van der Waals surface area contributed by atoms with Crippen LogP contribution in [-0.4, -0.2) is 17.1 Å². The van der Waals surface area contributed by atoms with Crippen LogP contribution in [0.25, 0.3) is 0 Å². The van der Waals surface area contributed by atoms with Crippen LogP contribution < -0.4 is 5.32 Å². The van der Waals surface area contributed by atoms with Gasteiger partial charge in [0.1, 0.15) is 6.23 Å². The van der Waals surface area contributed by atoms with E-state index in [1.165, 1.54) is 0 Å². The number of hydrogen-bond donors (Lipinski definition) is 2. The summed E-state index contributed by atoms with van der Waals surface area (Å²) >= 11 is 0. The van der Waals surface area contributed by atoms with E-state index in [1.54, 1.807) is 6.92 Å². The van der Waals surface area contributed by atoms with Gasteiger partial charge in [0, 0.05) is 5.78 Å². The van der Waals surface area contributed by atoms with Crippen LogP contribution >= 0.6 is 9.24 Å². The zero-order valence-electron chi connectivity index (χ0n) is 4.68. The minimum absolute atomic E-state index is 0.292. The Balaban J connectivity index is 2.95. The Morgan fingerprint density at radius 2 is 2.00 bits per heavy atom. The van der Waals surface area contributed by atoms with Crippen LogP contribution in [0.2, 0.25) is 0 Å².